The summed E-state index contributed by atoms with van der Waals surface area (Å²) in [5, 5.41) is 6.95. The zero-order valence-electron chi connectivity index (χ0n) is 18.6. The Hall–Kier alpha value is -3.36. The molecule has 1 atom stereocenters. The fraction of sp³-hybridized carbons (Fsp3) is 0.333. The number of thiophene rings is 1. The fourth-order valence-corrected chi connectivity index (χ4v) is 4.17. The Morgan fingerprint density at radius 2 is 2.00 bits per heavy atom. The number of halogens is 4. The zero-order chi connectivity index (χ0) is 26.5. The van der Waals surface area contributed by atoms with Crippen LogP contribution in [-0.4, -0.2) is 63.3 Å². The Labute approximate surface area is 211 Å². The number of benzene rings is 1. The van der Waals surface area contributed by atoms with Gasteiger partial charge in [0, 0.05) is 18.8 Å². The van der Waals surface area contributed by atoms with Crippen molar-refractivity contribution in [3.8, 4) is 0 Å². The van der Waals surface area contributed by atoms with Gasteiger partial charge in [-0.25, -0.2) is 4.79 Å². The van der Waals surface area contributed by atoms with Gasteiger partial charge in [-0.2, -0.15) is 13.2 Å². The first kappa shape index (κ1) is 27.2. The van der Waals surface area contributed by atoms with Gasteiger partial charge in [0.15, 0.2) is 0 Å². The third-order valence-electron chi connectivity index (χ3n) is 4.90. The molecule has 1 aliphatic heterocycles. The SMILES string of the molecule is COC(=O)N[C@@H](CNC(=O)c1ccc(Cl)s1)C(=O)Nc1ccc(N2CCOCC2=O)c(C(F)(F)F)c1. The second-order valence-electron chi connectivity index (χ2n) is 7.32. The number of methoxy groups -OCH3 is 1. The summed E-state index contributed by atoms with van der Waals surface area (Å²) in [5.41, 5.74) is -1.76. The van der Waals surface area contributed by atoms with Gasteiger partial charge >= 0.3 is 12.3 Å². The second-order valence-corrected chi connectivity index (χ2v) is 9.03. The molecule has 1 aromatic carbocycles. The molecule has 3 rings (SSSR count). The summed E-state index contributed by atoms with van der Waals surface area (Å²) in [5.74, 6) is -2.13. The minimum absolute atomic E-state index is 0.0616. The number of rotatable bonds is 7. The maximum atomic E-state index is 13.8. The molecule has 1 fully saturated rings. The summed E-state index contributed by atoms with van der Waals surface area (Å²) in [6.45, 7) is -0.735. The van der Waals surface area contributed by atoms with E-state index in [4.69, 9.17) is 16.3 Å². The van der Waals surface area contributed by atoms with Crippen LogP contribution in [0.15, 0.2) is 30.3 Å². The lowest BCUT2D eigenvalue weighted by Crippen LogP contribution is -2.50. The smallest absolute Gasteiger partial charge is 0.418 e. The molecule has 0 unspecified atom stereocenters. The van der Waals surface area contributed by atoms with Crippen molar-refractivity contribution in [2.45, 2.75) is 12.2 Å². The molecule has 15 heteroatoms. The molecule has 2 heterocycles. The number of nitrogens with zero attached hydrogens (tertiary/aromatic N) is 1. The third-order valence-corrected chi connectivity index (χ3v) is 6.13. The first-order valence-electron chi connectivity index (χ1n) is 10.3. The molecule has 0 radical (unpaired) electrons. The highest BCUT2D eigenvalue weighted by atomic mass is 35.5. The van der Waals surface area contributed by atoms with E-state index < -0.39 is 48.1 Å². The zero-order valence-corrected chi connectivity index (χ0v) is 20.2. The van der Waals surface area contributed by atoms with Crippen molar-refractivity contribution in [1.82, 2.24) is 10.6 Å². The van der Waals surface area contributed by atoms with Crippen molar-refractivity contribution in [1.29, 1.82) is 0 Å². The fourth-order valence-electron chi connectivity index (χ4n) is 3.21. The van der Waals surface area contributed by atoms with E-state index in [1.165, 1.54) is 18.2 Å². The largest absolute Gasteiger partial charge is 0.453 e. The minimum Gasteiger partial charge on any atom is -0.453 e. The standard InChI is InChI=1S/C21H20ClF3N4O6S/c1-34-20(33)28-13(9-26-19(32)15-4-5-16(22)36-15)18(31)27-11-2-3-14(12(8-11)21(23,24)25)29-6-7-35-10-17(29)30/h2-5,8,13H,6-7,9-10H2,1H3,(H,26,32)(H,27,31)(H,28,33)/t13-/m0/s1. The molecule has 1 aromatic heterocycles. The van der Waals surface area contributed by atoms with Gasteiger partial charge in [-0.15, -0.1) is 11.3 Å². The monoisotopic (exact) mass is 548 g/mol. The summed E-state index contributed by atoms with van der Waals surface area (Å²) in [7, 11) is 1.05. The molecule has 0 bridgehead atoms. The molecule has 10 nitrogen and oxygen atoms in total. The average molecular weight is 549 g/mol. The van der Waals surface area contributed by atoms with Gasteiger partial charge in [0.2, 0.25) is 5.91 Å². The minimum atomic E-state index is -4.84. The Morgan fingerprint density at radius 1 is 1.25 bits per heavy atom. The summed E-state index contributed by atoms with van der Waals surface area (Å²) < 4.78 is 51.2. The molecule has 0 aliphatic carbocycles. The number of anilines is 2. The van der Waals surface area contributed by atoms with Crippen LogP contribution >= 0.6 is 22.9 Å². The van der Waals surface area contributed by atoms with Crippen molar-refractivity contribution in [2.24, 2.45) is 0 Å². The number of morpholine rings is 1. The van der Waals surface area contributed by atoms with E-state index in [0.717, 1.165) is 29.4 Å². The van der Waals surface area contributed by atoms with Gasteiger partial charge in [0.25, 0.3) is 11.8 Å². The molecular formula is C21H20ClF3N4O6S. The first-order chi connectivity index (χ1) is 17.0. The van der Waals surface area contributed by atoms with Crippen LogP contribution in [0.5, 0.6) is 0 Å². The van der Waals surface area contributed by atoms with Crippen LogP contribution in [0.1, 0.15) is 15.2 Å². The van der Waals surface area contributed by atoms with Crippen LogP contribution in [0.25, 0.3) is 0 Å². The number of ether oxygens (including phenoxy) is 2. The molecule has 0 saturated carbocycles. The van der Waals surface area contributed by atoms with Crippen LogP contribution in [-0.2, 0) is 25.2 Å². The molecule has 3 N–H and O–H groups in total. The lowest BCUT2D eigenvalue weighted by Gasteiger charge is -2.29. The average Bonchev–Trinajstić information content (AvgIpc) is 3.27. The molecule has 4 amide bonds. The van der Waals surface area contributed by atoms with E-state index in [-0.39, 0.29) is 36.0 Å². The quantitative estimate of drug-likeness (QED) is 0.488. The van der Waals surface area contributed by atoms with E-state index in [1.54, 1.807) is 0 Å². The number of carbonyl (C=O) groups excluding carboxylic acids is 4. The third kappa shape index (κ3) is 6.86. The molecule has 1 aliphatic rings. The summed E-state index contributed by atoms with van der Waals surface area (Å²) in [6, 6.07) is 4.50. The van der Waals surface area contributed by atoms with Gasteiger partial charge < -0.3 is 30.3 Å². The van der Waals surface area contributed by atoms with Gasteiger partial charge in [-0.05, 0) is 30.3 Å². The summed E-state index contributed by atoms with van der Waals surface area (Å²) >= 11 is 6.79. The van der Waals surface area contributed by atoms with E-state index in [0.29, 0.717) is 10.4 Å². The number of carbonyl (C=O) groups is 4. The first-order valence-corrected chi connectivity index (χ1v) is 11.5. The summed E-state index contributed by atoms with van der Waals surface area (Å²) in [6.07, 6.45) is -5.84. The highest BCUT2D eigenvalue weighted by molar-refractivity contribution is 7.18. The van der Waals surface area contributed by atoms with Crippen molar-refractivity contribution in [2.75, 3.05) is 43.6 Å². The predicted octanol–water partition coefficient (Wildman–Crippen LogP) is 2.88. The molecule has 0 spiro atoms. The van der Waals surface area contributed by atoms with Crippen molar-refractivity contribution < 1.29 is 41.8 Å². The van der Waals surface area contributed by atoms with Crippen molar-refractivity contribution in [3.05, 3.63) is 45.1 Å². The highest BCUT2D eigenvalue weighted by Gasteiger charge is 2.37. The molecule has 194 valence electrons. The van der Waals surface area contributed by atoms with E-state index in [9.17, 15) is 32.3 Å². The molecule has 36 heavy (non-hydrogen) atoms. The van der Waals surface area contributed by atoms with E-state index in [1.807, 2.05) is 0 Å². The number of alkyl halides is 3. The number of alkyl carbamates (subject to hydrolysis) is 1. The Morgan fingerprint density at radius 3 is 2.61 bits per heavy atom. The van der Waals surface area contributed by atoms with Crippen molar-refractivity contribution in [3.63, 3.8) is 0 Å². The second kappa shape index (κ2) is 11.6. The Balaban J connectivity index is 1.79. The number of hydrogen-bond acceptors (Lipinski definition) is 7. The van der Waals surface area contributed by atoms with Crippen LogP contribution in [0.4, 0.5) is 29.3 Å². The lowest BCUT2D eigenvalue weighted by molar-refractivity contribution is -0.137. The molecule has 1 saturated heterocycles. The van der Waals surface area contributed by atoms with Gasteiger partial charge in [0.05, 0.1) is 34.2 Å². The van der Waals surface area contributed by atoms with Crippen LogP contribution in [0.3, 0.4) is 0 Å². The van der Waals surface area contributed by atoms with Gasteiger partial charge in [-0.3, -0.25) is 14.4 Å². The van der Waals surface area contributed by atoms with Gasteiger partial charge in [0.1, 0.15) is 12.6 Å². The molecular weight excluding hydrogens is 529 g/mol. The van der Waals surface area contributed by atoms with Gasteiger partial charge in [-0.1, -0.05) is 11.6 Å². The summed E-state index contributed by atoms with van der Waals surface area (Å²) in [4.78, 5) is 50.0. The maximum Gasteiger partial charge on any atom is 0.418 e. The predicted molar refractivity (Wildman–Crippen MR) is 124 cm³/mol. The van der Waals surface area contributed by atoms with E-state index in [2.05, 4.69) is 20.7 Å². The normalized spacial score (nSPS) is 14.7. The maximum absolute atomic E-state index is 13.8. The highest BCUT2D eigenvalue weighted by Crippen LogP contribution is 2.38. The number of amides is 4. The lowest BCUT2D eigenvalue weighted by atomic mass is 10.1. The topological polar surface area (TPSA) is 126 Å². The van der Waals surface area contributed by atoms with E-state index >= 15 is 0 Å². The van der Waals surface area contributed by atoms with Crippen molar-refractivity contribution >= 4 is 58.1 Å². The molecule has 2 aromatic rings. The van der Waals surface area contributed by atoms with Crippen LogP contribution < -0.4 is 20.9 Å². The Bertz CT molecular complexity index is 1160. The van der Waals surface area contributed by atoms with Crippen LogP contribution in [0, 0.1) is 0 Å². The Kier molecular flexibility index (Phi) is 8.76. The van der Waals surface area contributed by atoms with Crippen LogP contribution in [0.2, 0.25) is 4.34 Å². The number of hydrogen-bond donors (Lipinski definition) is 3. The number of nitrogens with one attached hydrogen (secondary N) is 3.